The fourth-order valence-corrected chi connectivity index (χ4v) is 4.08. The summed E-state index contributed by atoms with van der Waals surface area (Å²) in [6, 6.07) is 27.1. The molecule has 0 bridgehead atoms. The zero-order chi connectivity index (χ0) is 17.7. The maximum absolute atomic E-state index is 6.60. The lowest BCUT2D eigenvalue weighted by Crippen LogP contribution is -1.92. The summed E-state index contributed by atoms with van der Waals surface area (Å²) in [5.74, 6) is 0. The van der Waals surface area contributed by atoms with Gasteiger partial charge in [0.2, 0.25) is 0 Å². The van der Waals surface area contributed by atoms with Crippen molar-refractivity contribution in [1.29, 1.82) is 0 Å². The number of benzene rings is 4. The van der Waals surface area contributed by atoms with E-state index < -0.39 is 0 Å². The Labute approximate surface area is 156 Å². The van der Waals surface area contributed by atoms with Gasteiger partial charge < -0.3 is 0 Å². The lowest BCUT2D eigenvalue weighted by molar-refractivity contribution is 1.49. The van der Waals surface area contributed by atoms with Gasteiger partial charge in [0, 0.05) is 32.3 Å². The molecule has 0 N–H and O–H groups in total. The van der Waals surface area contributed by atoms with E-state index in [0.717, 1.165) is 38.0 Å². The van der Waals surface area contributed by atoms with Crippen molar-refractivity contribution in [3.05, 3.63) is 89.4 Å². The van der Waals surface area contributed by atoms with Crippen molar-refractivity contribution in [2.24, 2.45) is 0 Å². The standard InChI is InChI=1S/C24H16ClN/c1-15-14-20-23(18-10-4-6-12-21(18)25)19-11-5-7-13-22(19)26-24(20)17-9-3-2-8-16(15)17/h2-14H,1H3. The van der Waals surface area contributed by atoms with E-state index in [-0.39, 0.29) is 0 Å². The summed E-state index contributed by atoms with van der Waals surface area (Å²) >= 11 is 6.60. The van der Waals surface area contributed by atoms with Gasteiger partial charge in [0.25, 0.3) is 0 Å². The molecule has 1 nitrogen and oxygen atoms in total. The van der Waals surface area contributed by atoms with Crippen LogP contribution in [0.3, 0.4) is 0 Å². The van der Waals surface area contributed by atoms with E-state index in [0.29, 0.717) is 0 Å². The second kappa shape index (κ2) is 5.82. The Morgan fingerprint density at radius 2 is 1.35 bits per heavy atom. The van der Waals surface area contributed by atoms with E-state index in [1.54, 1.807) is 0 Å². The minimum atomic E-state index is 0.760. The average molecular weight is 354 g/mol. The van der Waals surface area contributed by atoms with Gasteiger partial charge in [0.15, 0.2) is 0 Å². The first kappa shape index (κ1) is 15.4. The molecule has 1 aromatic heterocycles. The Kier molecular flexibility index (Phi) is 3.44. The number of aryl methyl sites for hydroxylation is 1. The molecule has 0 aliphatic heterocycles. The van der Waals surface area contributed by atoms with Crippen LogP contribution < -0.4 is 0 Å². The fraction of sp³-hybridized carbons (Fsp3) is 0.0417. The summed E-state index contributed by atoms with van der Waals surface area (Å²) in [4.78, 5) is 5.02. The summed E-state index contributed by atoms with van der Waals surface area (Å²) in [6.45, 7) is 2.16. The quantitative estimate of drug-likeness (QED) is 0.230. The third kappa shape index (κ3) is 2.21. The second-order valence-corrected chi connectivity index (χ2v) is 7.03. The van der Waals surface area contributed by atoms with Crippen LogP contribution in [0.5, 0.6) is 0 Å². The van der Waals surface area contributed by atoms with Crippen molar-refractivity contribution in [2.75, 3.05) is 0 Å². The Morgan fingerprint density at radius 3 is 2.15 bits per heavy atom. The maximum atomic E-state index is 6.60. The Morgan fingerprint density at radius 1 is 0.692 bits per heavy atom. The molecular weight excluding hydrogens is 338 g/mol. The lowest BCUT2D eigenvalue weighted by Gasteiger charge is -2.15. The van der Waals surface area contributed by atoms with Crippen LogP contribution in [0.2, 0.25) is 5.02 Å². The van der Waals surface area contributed by atoms with Crippen molar-refractivity contribution >= 4 is 44.2 Å². The molecule has 0 radical (unpaired) electrons. The van der Waals surface area contributed by atoms with Crippen LogP contribution in [0.1, 0.15) is 5.56 Å². The SMILES string of the molecule is Cc1cc2c(-c3ccccc3Cl)c3ccccc3nc2c2ccccc12. The number of hydrogen-bond acceptors (Lipinski definition) is 1. The van der Waals surface area contributed by atoms with E-state index in [1.807, 2.05) is 24.3 Å². The summed E-state index contributed by atoms with van der Waals surface area (Å²) in [7, 11) is 0. The highest BCUT2D eigenvalue weighted by molar-refractivity contribution is 6.34. The van der Waals surface area contributed by atoms with Crippen LogP contribution in [0, 0.1) is 6.92 Å². The fourth-order valence-electron chi connectivity index (χ4n) is 3.85. The normalized spacial score (nSPS) is 11.5. The average Bonchev–Trinajstić information content (AvgIpc) is 2.68. The summed E-state index contributed by atoms with van der Waals surface area (Å²) in [6.07, 6.45) is 0. The summed E-state index contributed by atoms with van der Waals surface area (Å²) in [5, 5.41) is 5.46. The van der Waals surface area contributed by atoms with Crippen LogP contribution in [-0.2, 0) is 0 Å². The van der Waals surface area contributed by atoms with Gasteiger partial charge in [-0.05, 0) is 36.1 Å². The van der Waals surface area contributed by atoms with Gasteiger partial charge >= 0.3 is 0 Å². The maximum Gasteiger partial charge on any atom is 0.0794 e. The molecule has 2 heteroatoms. The van der Waals surface area contributed by atoms with Crippen molar-refractivity contribution in [2.45, 2.75) is 6.92 Å². The smallest absolute Gasteiger partial charge is 0.0794 e. The Bertz CT molecular complexity index is 1300. The van der Waals surface area contributed by atoms with E-state index in [9.17, 15) is 0 Å². The highest BCUT2D eigenvalue weighted by Gasteiger charge is 2.15. The molecular formula is C24H16ClN. The van der Waals surface area contributed by atoms with Crippen LogP contribution in [-0.4, -0.2) is 4.98 Å². The van der Waals surface area contributed by atoms with Crippen molar-refractivity contribution in [3.8, 4) is 11.1 Å². The number of rotatable bonds is 1. The molecule has 0 saturated carbocycles. The van der Waals surface area contributed by atoms with Crippen molar-refractivity contribution in [3.63, 3.8) is 0 Å². The Hall–Kier alpha value is -2.90. The first-order chi connectivity index (χ1) is 12.7. The predicted molar refractivity (Wildman–Crippen MR) is 112 cm³/mol. The van der Waals surface area contributed by atoms with E-state index in [1.165, 1.54) is 16.3 Å². The topological polar surface area (TPSA) is 12.9 Å². The molecule has 124 valence electrons. The van der Waals surface area contributed by atoms with Crippen LogP contribution >= 0.6 is 11.6 Å². The minimum absolute atomic E-state index is 0.760. The molecule has 0 fully saturated rings. The predicted octanol–water partition coefficient (Wildman–Crippen LogP) is 7.17. The minimum Gasteiger partial charge on any atom is -0.247 e. The number of halogens is 1. The molecule has 5 rings (SSSR count). The molecule has 0 spiro atoms. The zero-order valence-electron chi connectivity index (χ0n) is 14.3. The first-order valence-electron chi connectivity index (χ1n) is 8.70. The highest BCUT2D eigenvalue weighted by Crippen LogP contribution is 2.40. The van der Waals surface area contributed by atoms with Gasteiger partial charge in [-0.2, -0.15) is 0 Å². The van der Waals surface area contributed by atoms with Gasteiger partial charge in [0.1, 0.15) is 0 Å². The number of fused-ring (bicyclic) bond motifs is 4. The van der Waals surface area contributed by atoms with Crippen LogP contribution in [0.15, 0.2) is 78.9 Å². The van der Waals surface area contributed by atoms with Gasteiger partial charge in [-0.1, -0.05) is 72.3 Å². The third-order valence-electron chi connectivity index (χ3n) is 5.04. The number of aromatic nitrogens is 1. The van der Waals surface area contributed by atoms with Crippen LogP contribution in [0.25, 0.3) is 43.7 Å². The molecule has 0 saturated heterocycles. The van der Waals surface area contributed by atoms with E-state index in [4.69, 9.17) is 16.6 Å². The first-order valence-corrected chi connectivity index (χ1v) is 9.07. The molecule has 5 aromatic rings. The summed E-state index contributed by atoms with van der Waals surface area (Å²) in [5.41, 5.74) is 5.47. The van der Waals surface area contributed by atoms with Crippen LogP contribution in [0.4, 0.5) is 0 Å². The monoisotopic (exact) mass is 353 g/mol. The number of pyridine rings is 1. The van der Waals surface area contributed by atoms with Gasteiger partial charge in [-0.25, -0.2) is 4.98 Å². The molecule has 0 amide bonds. The second-order valence-electron chi connectivity index (χ2n) is 6.62. The highest BCUT2D eigenvalue weighted by atomic mass is 35.5. The number of hydrogen-bond donors (Lipinski definition) is 0. The molecule has 4 aromatic carbocycles. The molecule has 1 heterocycles. The molecule has 0 aliphatic carbocycles. The molecule has 0 unspecified atom stereocenters. The molecule has 0 atom stereocenters. The third-order valence-corrected chi connectivity index (χ3v) is 5.37. The lowest BCUT2D eigenvalue weighted by atomic mass is 9.92. The van der Waals surface area contributed by atoms with Crippen molar-refractivity contribution < 1.29 is 0 Å². The largest absolute Gasteiger partial charge is 0.247 e. The van der Waals surface area contributed by atoms with Gasteiger partial charge in [-0.3, -0.25) is 0 Å². The molecule has 0 aliphatic rings. The number of para-hydroxylation sites is 1. The zero-order valence-corrected chi connectivity index (χ0v) is 15.1. The number of nitrogens with zero attached hydrogens (tertiary/aromatic N) is 1. The van der Waals surface area contributed by atoms with Gasteiger partial charge in [0.05, 0.1) is 11.0 Å². The van der Waals surface area contributed by atoms with Crippen molar-refractivity contribution in [1.82, 2.24) is 4.98 Å². The summed E-state index contributed by atoms with van der Waals surface area (Å²) < 4.78 is 0. The van der Waals surface area contributed by atoms with E-state index in [2.05, 4.69) is 61.5 Å². The molecule has 26 heavy (non-hydrogen) atoms. The Balaban J connectivity index is 2.09. The van der Waals surface area contributed by atoms with E-state index >= 15 is 0 Å². The van der Waals surface area contributed by atoms with Gasteiger partial charge in [-0.15, -0.1) is 0 Å².